The summed E-state index contributed by atoms with van der Waals surface area (Å²) in [7, 11) is 1.66. The smallest absolute Gasteiger partial charge is 0.162 e. The first-order chi connectivity index (χ1) is 16.3. The summed E-state index contributed by atoms with van der Waals surface area (Å²) in [6, 6.07) is 20.6. The van der Waals surface area contributed by atoms with Crippen molar-refractivity contribution in [1.82, 2.24) is 15.0 Å². The van der Waals surface area contributed by atoms with Crippen LogP contribution in [0.5, 0.6) is 11.5 Å². The van der Waals surface area contributed by atoms with E-state index in [9.17, 15) is 0 Å². The third-order valence-corrected chi connectivity index (χ3v) is 6.23. The van der Waals surface area contributed by atoms with Crippen molar-refractivity contribution in [2.24, 2.45) is 0 Å². The molecule has 2 aromatic heterocycles. The van der Waals surface area contributed by atoms with Crippen LogP contribution in [0.15, 0.2) is 73.2 Å². The van der Waals surface area contributed by atoms with Crippen molar-refractivity contribution in [3.63, 3.8) is 0 Å². The SMILES string of the molecule is COc1cc2ncnc(N3CCCC(c4ccccc4)C3)c2cc1OCCc1ccccn1. The third-order valence-electron chi connectivity index (χ3n) is 6.23. The van der Waals surface area contributed by atoms with Crippen molar-refractivity contribution in [2.45, 2.75) is 25.2 Å². The van der Waals surface area contributed by atoms with Crippen molar-refractivity contribution in [2.75, 3.05) is 31.7 Å². The maximum atomic E-state index is 6.13. The van der Waals surface area contributed by atoms with Gasteiger partial charge in [0.15, 0.2) is 11.5 Å². The van der Waals surface area contributed by atoms with Crippen molar-refractivity contribution in [1.29, 1.82) is 0 Å². The fourth-order valence-electron chi connectivity index (χ4n) is 4.55. The van der Waals surface area contributed by atoms with Crippen molar-refractivity contribution < 1.29 is 9.47 Å². The maximum Gasteiger partial charge on any atom is 0.162 e. The molecule has 1 aliphatic heterocycles. The van der Waals surface area contributed by atoms with Gasteiger partial charge >= 0.3 is 0 Å². The van der Waals surface area contributed by atoms with Crippen LogP contribution in [0, 0.1) is 0 Å². The van der Waals surface area contributed by atoms with Gasteiger partial charge in [-0.1, -0.05) is 36.4 Å². The highest BCUT2D eigenvalue weighted by molar-refractivity contribution is 5.92. The summed E-state index contributed by atoms with van der Waals surface area (Å²) in [5.74, 6) is 2.83. The van der Waals surface area contributed by atoms with E-state index < -0.39 is 0 Å². The molecule has 6 nitrogen and oxygen atoms in total. The molecule has 5 rings (SSSR count). The lowest BCUT2D eigenvalue weighted by molar-refractivity contribution is 0.297. The van der Waals surface area contributed by atoms with Crippen LogP contribution in [0.2, 0.25) is 0 Å². The van der Waals surface area contributed by atoms with Gasteiger partial charge in [0.1, 0.15) is 12.1 Å². The fraction of sp³-hybridized carbons (Fsp3) is 0.296. The lowest BCUT2D eigenvalue weighted by Gasteiger charge is -2.34. The lowest BCUT2D eigenvalue weighted by atomic mass is 9.90. The Kier molecular flexibility index (Phi) is 6.33. The molecule has 1 fully saturated rings. The minimum Gasteiger partial charge on any atom is -0.493 e. The van der Waals surface area contributed by atoms with Crippen LogP contribution >= 0.6 is 0 Å². The topological polar surface area (TPSA) is 60.4 Å². The highest BCUT2D eigenvalue weighted by atomic mass is 16.5. The molecule has 6 heteroatoms. The van der Waals surface area contributed by atoms with Crippen LogP contribution in [0.3, 0.4) is 0 Å². The van der Waals surface area contributed by atoms with Crippen LogP contribution in [0.1, 0.15) is 30.0 Å². The Balaban J connectivity index is 1.41. The Morgan fingerprint density at radius 3 is 2.67 bits per heavy atom. The van der Waals surface area contributed by atoms with Crippen LogP contribution in [0.4, 0.5) is 5.82 Å². The van der Waals surface area contributed by atoms with Crippen molar-refractivity contribution in [3.05, 3.63) is 84.4 Å². The highest BCUT2D eigenvalue weighted by Crippen LogP contribution is 2.37. The number of hydrogen-bond donors (Lipinski definition) is 0. The molecule has 0 bridgehead atoms. The molecule has 1 atom stereocenters. The number of hydrogen-bond acceptors (Lipinski definition) is 6. The van der Waals surface area contributed by atoms with Gasteiger partial charge in [0.2, 0.25) is 0 Å². The number of methoxy groups -OCH3 is 1. The molecular weight excluding hydrogens is 412 g/mol. The molecule has 1 unspecified atom stereocenters. The summed E-state index contributed by atoms with van der Waals surface area (Å²) in [6.45, 7) is 2.44. The lowest BCUT2D eigenvalue weighted by Crippen LogP contribution is -2.35. The van der Waals surface area contributed by atoms with E-state index in [0.717, 1.165) is 48.3 Å². The molecule has 0 spiro atoms. The quantitative estimate of drug-likeness (QED) is 0.401. The summed E-state index contributed by atoms with van der Waals surface area (Å²) in [4.78, 5) is 16.0. The molecule has 0 aliphatic carbocycles. The monoisotopic (exact) mass is 440 g/mol. The molecule has 1 aliphatic rings. The van der Waals surface area contributed by atoms with Gasteiger partial charge < -0.3 is 14.4 Å². The van der Waals surface area contributed by atoms with E-state index in [2.05, 4.69) is 45.2 Å². The number of benzene rings is 2. The zero-order valence-corrected chi connectivity index (χ0v) is 18.9. The average Bonchev–Trinajstić information content (AvgIpc) is 2.89. The predicted molar refractivity (Wildman–Crippen MR) is 130 cm³/mol. The number of anilines is 1. The van der Waals surface area contributed by atoms with E-state index in [1.54, 1.807) is 19.6 Å². The fourth-order valence-corrected chi connectivity index (χ4v) is 4.55. The van der Waals surface area contributed by atoms with E-state index in [1.807, 2.05) is 30.3 Å². The van der Waals surface area contributed by atoms with Crippen LogP contribution < -0.4 is 14.4 Å². The van der Waals surface area contributed by atoms with E-state index in [0.29, 0.717) is 24.0 Å². The van der Waals surface area contributed by atoms with E-state index in [-0.39, 0.29) is 0 Å². The average molecular weight is 441 g/mol. The van der Waals surface area contributed by atoms with Gasteiger partial charge in [-0.3, -0.25) is 4.98 Å². The Hall–Kier alpha value is -3.67. The molecule has 1 saturated heterocycles. The third kappa shape index (κ3) is 4.75. The number of ether oxygens (including phenoxy) is 2. The second-order valence-electron chi connectivity index (χ2n) is 8.33. The second-order valence-corrected chi connectivity index (χ2v) is 8.33. The first-order valence-electron chi connectivity index (χ1n) is 11.5. The number of pyridine rings is 1. The first-order valence-corrected chi connectivity index (χ1v) is 11.5. The van der Waals surface area contributed by atoms with Gasteiger partial charge in [-0.25, -0.2) is 9.97 Å². The molecule has 4 aromatic rings. The van der Waals surface area contributed by atoms with Crippen LogP contribution in [0.25, 0.3) is 10.9 Å². The number of fused-ring (bicyclic) bond motifs is 1. The van der Waals surface area contributed by atoms with E-state index in [1.165, 1.54) is 12.0 Å². The largest absolute Gasteiger partial charge is 0.493 e. The Bertz CT molecular complexity index is 1200. The molecule has 0 amide bonds. The van der Waals surface area contributed by atoms with E-state index >= 15 is 0 Å². The van der Waals surface area contributed by atoms with Crippen LogP contribution in [-0.2, 0) is 6.42 Å². The summed E-state index contributed by atoms with van der Waals surface area (Å²) >= 11 is 0. The standard InChI is InChI=1S/C27H28N4O2/c1-32-25-17-24-23(16-26(25)33-15-12-22-11-5-6-13-28-22)27(30-19-29-24)31-14-7-10-21(18-31)20-8-3-2-4-9-20/h2-6,8-9,11,13,16-17,19,21H,7,10,12,14-15,18H2,1H3. The highest BCUT2D eigenvalue weighted by Gasteiger charge is 2.24. The van der Waals surface area contributed by atoms with Gasteiger partial charge in [0, 0.05) is 48.8 Å². The van der Waals surface area contributed by atoms with Crippen molar-refractivity contribution >= 4 is 16.7 Å². The summed E-state index contributed by atoms with van der Waals surface area (Å²) < 4.78 is 11.7. The molecule has 0 N–H and O–H groups in total. The molecule has 3 heterocycles. The maximum absolute atomic E-state index is 6.13. The van der Waals surface area contributed by atoms with Gasteiger partial charge in [0.25, 0.3) is 0 Å². The molecule has 0 saturated carbocycles. The second kappa shape index (κ2) is 9.86. The predicted octanol–water partition coefficient (Wildman–Crippen LogP) is 5.04. The summed E-state index contributed by atoms with van der Waals surface area (Å²) in [5.41, 5.74) is 3.25. The van der Waals surface area contributed by atoms with Crippen molar-refractivity contribution in [3.8, 4) is 11.5 Å². The minimum absolute atomic E-state index is 0.498. The first kappa shape index (κ1) is 21.2. The summed E-state index contributed by atoms with van der Waals surface area (Å²) in [6.07, 6.45) is 6.50. The van der Waals surface area contributed by atoms with Gasteiger partial charge in [-0.2, -0.15) is 0 Å². The Morgan fingerprint density at radius 2 is 1.85 bits per heavy atom. The number of nitrogens with zero attached hydrogens (tertiary/aromatic N) is 4. The minimum atomic E-state index is 0.498. The number of piperidine rings is 1. The zero-order valence-electron chi connectivity index (χ0n) is 18.9. The van der Waals surface area contributed by atoms with Gasteiger partial charge in [-0.15, -0.1) is 0 Å². The Morgan fingerprint density at radius 1 is 0.970 bits per heavy atom. The van der Waals surface area contributed by atoms with Crippen LogP contribution in [-0.4, -0.2) is 41.8 Å². The molecule has 168 valence electrons. The van der Waals surface area contributed by atoms with Gasteiger partial charge in [0.05, 0.1) is 19.2 Å². The number of rotatable bonds is 7. The van der Waals surface area contributed by atoms with Gasteiger partial charge in [-0.05, 0) is 36.6 Å². The molecule has 33 heavy (non-hydrogen) atoms. The zero-order chi connectivity index (χ0) is 22.5. The Labute approximate surface area is 194 Å². The normalized spacial score (nSPS) is 16.0. The molecule has 2 aromatic carbocycles. The molecule has 0 radical (unpaired) electrons. The molecular formula is C27H28N4O2. The summed E-state index contributed by atoms with van der Waals surface area (Å²) in [5, 5.41) is 0.986. The number of aromatic nitrogens is 3. The van der Waals surface area contributed by atoms with E-state index in [4.69, 9.17) is 14.5 Å².